The predicted octanol–water partition coefficient (Wildman–Crippen LogP) is 2.99. The lowest BCUT2D eigenvalue weighted by molar-refractivity contribution is -0.133. The number of nitrogens with zero attached hydrogens (tertiary/aromatic N) is 4. The van der Waals surface area contributed by atoms with E-state index in [0.717, 1.165) is 11.1 Å². The number of likely N-dealkylation sites (N-methyl/N-ethyl adjacent to an activating group) is 2. The molecule has 2 aliphatic rings. The fourth-order valence-electron chi connectivity index (χ4n) is 4.08. The molecule has 27 heavy (non-hydrogen) atoms. The van der Waals surface area contributed by atoms with E-state index in [1.807, 2.05) is 6.07 Å². The molecule has 0 bridgehead atoms. The van der Waals surface area contributed by atoms with Crippen LogP contribution in [0.5, 0.6) is 0 Å². The van der Waals surface area contributed by atoms with Gasteiger partial charge >= 0.3 is 6.03 Å². The van der Waals surface area contributed by atoms with Gasteiger partial charge in [0.25, 0.3) is 11.9 Å². The average Bonchev–Trinajstić information content (AvgIpc) is 3.13. The number of amides is 3. The molecule has 1 spiro atoms. The first kappa shape index (κ1) is 17.8. The summed E-state index contributed by atoms with van der Waals surface area (Å²) < 4.78 is 5.96. The number of urea groups is 1. The minimum Gasteiger partial charge on any atom is -0.423 e. The first-order valence-electron chi connectivity index (χ1n) is 9.35. The molecule has 0 aliphatic carbocycles. The van der Waals surface area contributed by atoms with Gasteiger partial charge in [0.1, 0.15) is 11.1 Å². The third-order valence-electron chi connectivity index (χ3n) is 6.02. The normalized spacial score (nSPS) is 20.4. The van der Waals surface area contributed by atoms with Crippen LogP contribution in [0.3, 0.4) is 0 Å². The van der Waals surface area contributed by atoms with Gasteiger partial charge in [0.15, 0.2) is 5.58 Å². The summed E-state index contributed by atoms with van der Waals surface area (Å²) in [5, 5.41) is 0. The van der Waals surface area contributed by atoms with E-state index in [-0.39, 0.29) is 17.4 Å². The van der Waals surface area contributed by atoms with E-state index in [4.69, 9.17) is 4.42 Å². The van der Waals surface area contributed by atoms with Crippen LogP contribution < -0.4 is 4.90 Å². The molecule has 2 aromatic rings. The van der Waals surface area contributed by atoms with Crippen LogP contribution in [0, 0.1) is 0 Å². The van der Waals surface area contributed by atoms with E-state index in [2.05, 4.69) is 42.8 Å². The second kappa shape index (κ2) is 5.71. The zero-order valence-corrected chi connectivity index (χ0v) is 16.6. The highest BCUT2D eigenvalue weighted by molar-refractivity contribution is 6.06. The number of hydrogen-bond donors (Lipinski definition) is 0. The van der Waals surface area contributed by atoms with Gasteiger partial charge in [-0.1, -0.05) is 26.8 Å². The summed E-state index contributed by atoms with van der Waals surface area (Å²) in [4.78, 5) is 34.3. The smallest absolute Gasteiger partial charge is 0.327 e. The van der Waals surface area contributed by atoms with E-state index in [0.29, 0.717) is 31.9 Å². The number of imide groups is 1. The van der Waals surface area contributed by atoms with Crippen LogP contribution in [0.4, 0.5) is 10.8 Å². The molecule has 7 heteroatoms. The minimum atomic E-state index is -0.728. The van der Waals surface area contributed by atoms with Crippen LogP contribution in [-0.2, 0) is 10.2 Å². The zero-order chi connectivity index (χ0) is 19.6. The number of carbonyl (C=O) groups excluding carboxylic acids is 2. The molecule has 1 aromatic carbocycles. The molecule has 4 rings (SSSR count). The number of oxazole rings is 1. The molecule has 0 N–H and O–H groups in total. The number of fused-ring (bicyclic) bond motifs is 1. The second-order valence-electron chi connectivity index (χ2n) is 8.65. The molecule has 0 unspecified atom stereocenters. The molecule has 2 aliphatic heterocycles. The predicted molar refractivity (Wildman–Crippen MR) is 103 cm³/mol. The lowest BCUT2D eigenvalue weighted by atomic mass is 9.86. The first-order chi connectivity index (χ1) is 12.6. The van der Waals surface area contributed by atoms with Crippen molar-refractivity contribution in [3.05, 3.63) is 23.8 Å². The van der Waals surface area contributed by atoms with Crippen LogP contribution in [0.15, 0.2) is 22.6 Å². The Morgan fingerprint density at radius 3 is 2.33 bits per heavy atom. The average molecular weight is 370 g/mol. The topological polar surface area (TPSA) is 69.9 Å². The van der Waals surface area contributed by atoms with Crippen molar-refractivity contribution < 1.29 is 14.0 Å². The molecule has 1 aromatic heterocycles. The fraction of sp³-hybridized carbons (Fsp3) is 0.550. The van der Waals surface area contributed by atoms with Gasteiger partial charge < -0.3 is 14.2 Å². The number of rotatable bonds is 1. The van der Waals surface area contributed by atoms with Gasteiger partial charge in [-0.3, -0.25) is 9.69 Å². The van der Waals surface area contributed by atoms with Crippen molar-refractivity contribution in [1.29, 1.82) is 0 Å². The van der Waals surface area contributed by atoms with Gasteiger partial charge in [-0.05, 0) is 36.0 Å². The lowest BCUT2D eigenvalue weighted by Crippen LogP contribution is -2.55. The second-order valence-corrected chi connectivity index (χ2v) is 8.65. The van der Waals surface area contributed by atoms with Crippen LogP contribution in [0.1, 0.15) is 39.2 Å². The van der Waals surface area contributed by atoms with E-state index in [1.54, 1.807) is 19.0 Å². The van der Waals surface area contributed by atoms with Gasteiger partial charge in [0, 0.05) is 27.2 Å². The van der Waals surface area contributed by atoms with Gasteiger partial charge in [0.05, 0.1) is 0 Å². The van der Waals surface area contributed by atoms with Crippen LogP contribution in [-0.4, -0.2) is 59.4 Å². The molecular weight excluding hydrogens is 344 g/mol. The number of anilines is 1. The molecule has 2 saturated heterocycles. The van der Waals surface area contributed by atoms with E-state index >= 15 is 0 Å². The maximum absolute atomic E-state index is 12.6. The Morgan fingerprint density at radius 2 is 1.78 bits per heavy atom. The van der Waals surface area contributed by atoms with Crippen molar-refractivity contribution in [1.82, 2.24) is 14.8 Å². The van der Waals surface area contributed by atoms with Crippen molar-refractivity contribution in [2.24, 2.45) is 0 Å². The summed E-state index contributed by atoms with van der Waals surface area (Å²) in [6.45, 7) is 7.76. The Labute approximate surface area is 158 Å². The Kier molecular flexibility index (Phi) is 3.77. The Bertz CT molecular complexity index is 919. The molecule has 0 atom stereocenters. The van der Waals surface area contributed by atoms with Crippen molar-refractivity contribution in [3.63, 3.8) is 0 Å². The number of carbonyl (C=O) groups is 2. The number of benzene rings is 1. The van der Waals surface area contributed by atoms with E-state index < -0.39 is 5.54 Å². The van der Waals surface area contributed by atoms with Crippen molar-refractivity contribution in [2.45, 2.75) is 44.6 Å². The van der Waals surface area contributed by atoms with Crippen molar-refractivity contribution >= 4 is 29.1 Å². The molecule has 2 fully saturated rings. The maximum atomic E-state index is 12.6. The molecule has 3 heterocycles. The van der Waals surface area contributed by atoms with Gasteiger partial charge in [-0.15, -0.1) is 0 Å². The Morgan fingerprint density at radius 1 is 1.11 bits per heavy atom. The summed E-state index contributed by atoms with van der Waals surface area (Å²) >= 11 is 0. The van der Waals surface area contributed by atoms with Crippen molar-refractivity contribution in [3.8, 4) is 0 Å². The Hall–Kier alpha value is -2.57. The van der Waals surface area contributed by atoms with E-state index in [9.17, 15) is 9.59 Å². The number of aromatic nitrogens is 1. The summed E-state index contributed by atoms with van der Waals surface area (Å²) in [5.41, 5.74) is 2.15. The van der Waals surface area contributed by atoms with Gasteiger partial charge in [-0.25, -0.2) is 4.79 Å². The molecular formula is C20H26N4O3. The standard InChI is InChI=1S/C20H26N4O3/c1-19(2,3)13-6-7-15-14(12-13)21-17(27-15)24-10-8-20(9-11-24)16(25)22(4)18(26)23(20)5/h6-7,12H,8-11H2,1-5H3. The largest absolute Gasteiger partial charge is 0.423 e. The molecule has 0 saturated carbocycles. The molecule has 0 radical (unpaired) electrons. The van der Waals surface area contributed by atoms with Gasteiger partial charge in [-0.2, -0.15) is 4.98 Å². The van der Waals surface area contributed by atoms with Crippen LogP contribution >= 0.6 is 0 Å². The number of piperidine rings is 1. The third-order valence-corrected chi connectivity index (χ3v) is 6.02. The minimum absolute atomic E-state index is 0.0524. The molecule has 144 valence electrons. The summed E-state index contributed by atoms with van der Waals surface area (Å²) in [6, 6.07) is 6.48. The van der Waals surface area contributed by atoms with E-state index in [1.165, 1.54) is 10.5 Å². The van der Waals surface area contributed by atoms with Crippen molar-refractivity contribution in [2.75, 3.05) is 32.1 Å². The fourth-order valence-corrected chi connectivity index (χ4v) is 4.08. The van der Waals surface area contributed by atoms with Gasteiger partial charge in [0.2, 0.25) is 0 Å². The highest BCUT2D eigenvalue weighted by atomic mass is 16.4. The highest BCUT2D eigenvalue weighted by Gasteiger charge is 2.55. The zero-order valence-electron chi connectivity index (χ0n) is 16.6. The summed E-state index contributed by atoms with van der Waals surface area (Å²) in [7, 11) is 3.27. The highest BCUT2D eigenvalue weighted by Crippen LogP contribution is 2.37. The monoisotopic (exact) mass is 370 g/mol. The first-order valence-corrected chi connectivity index (χ1v) is 9.35. The third kappa shape index (κ3) is 2.59. The summed E-state index contributed by atoms with van der Waals surface area (Å²) in [6.07, 6.45) is 1.15. The summed E-state index contributed by atoms with van der Waals surface area (Å²) in [5.74, 6) is -0.109. The van der Waals surface area contributed by atoms with Crippen LogP contribution in [0.2, 0.25) is 0 Å². The molecule has 3 amide bonds. The SMILES string of the molecule is CN1C(=O)N(C)C2(CCN(c3nc4cc(C(C)(C)C)ccc4o3)CC2)C1=O. The Balaban J connectivity index is 1.57. The maximum Gasteiger partial charge on any atom is 0.327 e. The number of hydrogen-bond acceptors (Lipinski definition) is 5. The quantitative estimate of drug-likeness (QED) is 0.722. The lowest BCUT2D eigenvalue weighted by Gasteiger charge is -2.40. The molecule has 7 nitrogen and oxygen atoms in total. The van der Waals surface area contributed by atoms with Crippen LogP contribution in [0.25, 0.3) is 11.1 Å².